The van der Waals surface area contributed by atoms with Crippen LogP contribution in [0.25, 0.3) is 0 Å². The monoisotopic (exact) mass is 335 g/mol. The van der Waals surface area contributed by atoms with Gasteiger partial charge in [0.2, 0.25) is 0 Å². The van der Waals surface area contributed by atoms with Crippen LogP contribution in [0.1, 0.15) is 30.1 Å². The topological polar surface area (TPSA) is 53.1 Å². The fraction of sp³-hybridized carbons (Fsp3) is 0.500. The Kier molecular flexibility index (Phi) is 10.1. The summed E-state index contributed by atoms with van der Waals surface area (Å²) in [5, 5.41) is 8.00. The van der Waals surface area contributed by atoms with Crippen LogP contribution in [0.3, 0.4) is 0 Å². The molecule has 1 aliphatic heterocycles. The van der Waals surface area contributed by atoms with Crippen LogP contribution in [0.15, 0.2) is 30.3 Å². The van der Waals surface area contributed by atoms with Crippen molar-refractivity contribution in [2.75, 3.05) is 19.6 Å². The first-order valence-corrected chi connectivity index (χ1v) is 7.41. The number of nitrogens with two attached hydrogens (primary N) is 1. The van der Waals surface area contributed by atoms with Crippen molar-refractivity contribution in [1.29, 1.82) is 5.41 Å². The highest BCUT2D eigenvalue weighted by Gasteiger charge is 2.19. The molecule has 0 bridgehead atoms. The first kappa shape index (κ1) is 19.6. The second-order valence-electron chi connectivity index (χ2n) is 4.74. The van der Waals surface area contributed by atoms with Gasteiger partial charge in [0.15, 0.2) is 5.17 Å². The van der Waals surface area contributed by atoms with E-state index in [-0.39, 0.29) is 35.2 Å². The largest absolute Gasteiger partial charge is 0.379 e. The average Bonchev–Trinajstić information content (AvgIpc) is 2.40. The van der Waals surface area contributed by atoms with Crippen molar-refractivity contribution in [2.24, 2.45) is 5.73 Å². The van der Waals surface area contributed by atoms with E-state index in [4.69, 9.17) is 11.1 Å². The molecule has 0 amide bonds. The van der Waals surface area contributed by atoms with Gasteiger partial charge in [-0.2, -0.15) is 0 Å². The van der Waals surface area contributed by atoms with Crippen molar-refractivity contribution in [3.8, 4) is 0 Å². The quantitative estimate of drug-likeness (QED) is 0.651. The summed E-state index contributed by atoms with van der Waals surface area (Å²) in [5.41, 5.74) is 6.83. The summed E-state index contributed by atoms with van der Waals surface area (Å²) >= 11 is 1.47. The van der Waals surface area contributed by atoms with Gasteiger partial charge in [-0.1, -0.05) is 48.5 Å². The van der Waals surface area contributed by atoms with E-state index >= 15 is 0 Å². The van der Waals surface area contributed by atoms with Gasteiger partial charge >= 0.3 is 0 Å². The molecule has 0 aliphatic carbocycles. The highest BCUT2D eigenvalue weighted by molar-refractivity contribution is 8.13. The summed E-state index contributed by atoms with van der Waals surface area (Å²) in [5.74, 6) is 0. The second-order valence-corrected chi connectivity index (χ2v) is 5.99. The number of hydrogen-bond donors (Lipinski definition) is 2. The van der Waals surface area contributed by atoms with Crippen molar-refractivity contribution in [3.05, 3.63) is 35.9 Å². The minimum Gasteiger partial charge on any atom is -0.379 e. The number of nitrogens with zero attached hydrogens (tertiary/aromatic N) is 1. The molecule has 1 aromatic rings. The van der Waals surface area contributed by atoms with E-state index in [1.165, 1.54) is 49.7 Å². The van der Waals surface area contributed by atoms with Gasteiger partial charge in [-0.15, -0.1) is 24.8 Å². The minimum atomic E-state index is 0. The summed E-state index contributed by atoms with van der Waals surface area (Å²) < 4.78 is 0. The van der Waals surface area contributed by atoms with Crippen molar-refractivity contribution in [1.82, 2.24) is 4.90 Å². The fourth-order valence-electron chi connectivity index (χ4n) is 2.41. The van der Waals surface area contributed by atoms with Gasteiger partial charge in [0, 0.05) is 6.54 Å². The molecule has 3 N–H and O–H groups in total. The van der Waals surface area contributed by atoms with Gasteiger partial charge in [-0.3, -0.25) is 5.41 Å². The van der Waals surface area contributed by atoms with E-state index < -0.39 is 0 Å². The molecule has 1 aromatic carbocycles. The van der Waals surface area contributed by atoms with Gasteiger partial charge in [0.05, 0.1) is 5.25 Å². The van der Waals surface area contributed by atoms with Crippen LogP contribution in [-0.4, -0.2) is 29.7 Å². The molecular formula is C14H23Cl2N3S. The third-order valence-electron chi connectivity index (χ3n) is 3.31. The van der Waals surface area contributed by atoms with Gasteiger partial charge < -0.3 is 10.6 Å². The number of likely N-dealkylation sites (tertiary alicyclic amines) is 1. The molecule has 1 saturated heterocycles. The zero-order valence-corrected chi connectivity index (χ0v) is 13.9. The Bertz CT molecular complexity index is 383. The molecule has 114 valence electrons. The summed E-state index contributed by atoms with van der Waals surface area (Å²) in [4.78, 5) is 2.50. The van der Waals surface area contributed by atoms with Crippen LogP contribution in [0.4, 0.5) is 0 Å². The number of nitrogens with one attached hydrogen (secondary N) is 1. The molecule has 2 rings (SSSR count). The molecule has 1 fully saturated rings. The first-order valence-electron chi connectivity index (χ1n) is 6.53. The average molecular weight is 336 g/mol. The lowest BCUT2D eigenvalue weighted by molar-refractivity contribution is 0.230. The van der Waals surface area contributed by atoms with Crippen molar-refractivity contribution in [2.45, 2.75) is 24.5 Å². The summed E-state index contributed by atoms with van der Waals surface area (Å²) in [7, 11) is 0. The lowest BCUT2D eigenvalue weighted by atomic mass is 10.1. The molecule has 0 saturated carbocycles. The van der Waals surface area contributed by atoms with Crippen LogP contribution in [0.2, 0.25) is 0 Å². The predicted molar refractivity (Wildman–Crippen MR) is 93.5 cm³/mol. The molecule has 1 atom stereocenters. The molecular weight excluding hydrogens is 313 g/mol. The van der Waals surface area contributed by atoms with Crippen LogP contribution >= 0.6 is 36.6 Å². The lowest BCUT2D eigenvalue weighted by Crippen LogP contribution is -2.33. The van der Waals surface area contributed by atoms with Crippen molar-refractivity contribution in [3.63, 3.8) is 0 Å². The van der Waals surface area contributed by atoms with E-state index in [9.17, 15) is 0 Å². The van der Waals surface area contributed by atoms with Crippen LogP contribution in [0, 0.1) is 5.41 Å². The van der Waals surface area contributed by atoms with Crippen molar-refractivity contribution >= 4 is 41.7 Å². The smallest absolute Gasteiger partial charge is 0.151 e. The molecule has 6 heteroatoms. The third kappa shape index (κ3) is 6.35. The lowest BCUT2D eigenvalue weighted by Gasteiger charge is -2.30. The molecule has 0 radical (unpaired) electrons. The van der Waals surface area contributed by atoms with E-state index in [0.717, 1.165) is 6.54 Å². The molecule has 1 unspecified atom stereocenters. The van der Waals surface area contributed by atoms with Crippen molar-refractivity contribution < 1.29 is 0 Å². The van der Waals surface area contributed by atoms with Crippen LogP contribution < -0.4 is 5.73 Å². The Hall–Kier alpha value is -0.420. The third-order valence-corrected chi connectivity index (χ3v) is 4.27. The predicted octanol–water partition coefficient (Wildman–Crippen LogP) is 3.68. The molecule has 0 spiro atoms. The number of amidine groups is 1. The SMILES string of the molecule is Cl.Cl.N=C(N)SC(CN1CCCCC1)c1ccccc1. The number of benzene rings is 1. The zero-order valence-electron chi connectivity index (χ0n) is 11.5. The Labute approximate surface area is 138 Å². The normalized spacial score (nSPS) is 16.6. The second kappa shape index (κ2) is 10.3. The highest BCUT2D eigenvalue weighted by atomic mass is 35.5. The Morgan fingerprint density at radius 2 is 1.75 bits per heavy atom. The van der Waals surface area contributed by atoms with E-state index in [2.05, 4.69) is 29.2 Å². The summed E-state index contributed by atoms with van der Waals surface area (Å²) in [6.07, 6.45) is 3.95. The highest BCUT2D eigenvalue weighted by Crippen LogP contribution is 2.30. The molecule has 3 nitrogen and oxygen atoms in total. The maximum Gasteiger partial charge on any atom is 0.151 e. The molecule has 1 heterocycles. The van der Waals surface area contributed by atoms with Gasteiger partial charge in [0.25, 0.3) is 0 Å². The Morgan fingerprint density at radius 1 is 1.15 bits per heavy atom. The Balaban J connectivity index is 0.00000180. The fourth-order valence-corrected chi connectivity index (χ4v) is 3.29. The minimum absolute atomic E-state index is 0. The molecule has 0 aromatic heterocycles. The summed E-state index contributed by atoms with van der Waals surface area (Å²) in [6.45, 7) is 3.36. The number of halogens is 2. The first-order chi connectivity index (χ1) is 8.75. The van der Waals surface area contributed by atoms with E-state index in [1.54, 1.807) is 0 Å². The van der Waals surface area contributed by atoms with E-state index in [0.29, 0.717) is 0 Å². The van der Waals surface area contributed by atoms with Gasteiger partial charge in [-0.05, 0) is 31.5 Å². The standard InChI is InChI=1S/C14H21N3S.2ClH/c15-14(16)18-13(12-7-3-1-4-8-12)11-17-9-5-2-6-10-17;;/h1,3-4,7-8,13H,2,5-6,9-11H2,(H3,15,16);2*1H. The molecule has 20 heavy (non-hydrogen) atoms. The van der Waals surface area contributed by atoms with Gasteiger partial charge in [0.1, 0.15) is 0 Å². The molecule has 1 aliphatic rings. The number of thioether (sulfide) groups is 1. The number of piperidine rings is 1. The summed E-state index contributed by atoms with van der Waals surface area (Å²) in [6, 6.07) is 10.4. The number of rotatable bonds is 4. The maximum atomic E-state index is 7.51. The van der Waals surface area contributed by atoms with Crippen LogP contribution in [0.5, 0.6) is 0 Å². The zero-order chi connectivity index (χ0) is 12.8. The number of hydrogen-bond acceptors (Lipinski definition) is 3. The Morgan fingerprint density at radius 3 is 2.30 bits per heavy atom. The van der Waals surface area contributed by atoms with Crippen LogP contribution in [-0.2, 0) is 0 Å². The maximum absolute atomic E-state index is 7.51. The van der Waals surface area contributed by atoms with E-state index in [1.807, 2.05) is 6.07 Å². The van der Waals surface area contributed by atoms with Gasteiger partial charge in [-0.25, -0.2) is 0 Å².